The molecule has 1 amide bonds. The van der Waals surface area contributed by atoms with Gasteiger partial charge < -0.3 is 10.6 Å². The predicted octanol–water partition coefficient (Wildman–Crippen LogP) is 2.28. The maximum atomic E-state index is 11.9. The highest BCUT2D eigenvalue weighted by atomic mass is 35.5. The predicted molar refractivity (Wildman–Crippen MR) is 78.6 cm³/mol. The molecule has 1 aliphatic heterocycles. The van der Waals surface area contributed by atoms with E-state index in [0.717, 1.165) is 24.3 Å². The number of carbonyl (C=O) groups is 1. The van der Waals surface area contributed by atoms with Crippen LogP contribution in [0.25, 0.3) is 0 Å². The number of piperidine rings is 1. The van der Waals surface area contributed by atoms with Crippen LogP contribution in [0.15, 0.2) is 12.1 Å². The van der Waals surface area contributed by atoms with Gasteiger partial charge in [-0.1, -0.05) is 0 Å². The maximum absolute atomic E-state index is 11.9. The van der Waals surface area contributed by atoms with Gasteiger partial charge in [0.25, 0.3) is 0 Å². The van der Waals surface area contributed by atoms with Crippen molar-refractivity contribution in [3.8, 4) is 0 Å². The first-order valence-electron chi connectivity index (χ1n) is 6.23. The second-order valence-corrected chi connectivity index (χ2v) is 6.12. The molecule has 102 valence electrons. The van der Waals surface area contributed by atoms with Crippen molar-refractivity contribution in [1.29, 1.82) is 0 Å². The molecule has 18 heavy (non-hydrogen) atoms. The average Bonchev–Trinajstić information content (AvgIpc) is 2.67. The van der Waals surface area contributed by atoms with Gasteiger partial charge in [0.1, 0.15) is 0 Å². The van der Waals surface area contributed by atoms with E-state index in [4.69, 9.17) is 0 Å². The molecule has 5 heteroatoms. The highest BCUT2D eigenvalue weighted by Crippen LogP contribution is 2.16. The minimum absolute atomic E-state index is 0. The monoisotopic (exact) mass is 288 g/mol. The Kier molecular flexibility index (Phi) is 6.12. The number of halogens is 1. The zero-order valence-corrected chi connectivity index (χ0v) is 12.5. The Morgan fingerprint density at radius 2 is 2.33 bits per heavy atom. The first-order valence-corrected chi connectivity index (χ1v) is 7.05. The normalized spacial score (nSPS) is 23.2. The summed E-state index contributed by atoms with van der Waals surface area (Å²) in [5.41, 5.74) is 0. The molecule has 0 aromatic carbocycles. The molecule has 0 saturated carbocycles. The van der Waals surface area contributed by atoms with Crippen LogP contribution in [0.5, 0.6) is 0 Å². The van der Waals surface area contributed by atoms with Crippen LogP contribution < -0.4 is 10.6 Å². The average molecular weight is 289 g/mol. The van der Waals surface area contributed by atoms with Gasteiger partial charge in [0.2, 0.25) is 5.91 Å². The van der Waals surface area contributed by atoms with Gasteiger partial charge >= 0.3 is 0 Å². The van der Waals surface area contributed by atoms with Crippen LogP contribution in [-0.4, -0.2) is 24.5 Å². The van der Waals surface area contributed by atoms with Gasteiger partial charge in [0.15, 0.2) is 0 Å². The number of hydrogen-bond acceptors (Lipinski definition) is 3. The Morgan fingerprint density at radius 3 is 2.94 bits per heavy atom. The molecule has 2 heterocycles. The van der Waals surface area contributed by atoms with Gasteiger partial charge in [-0.05, 0) is 45.4 Å². The number of carbonyl (C=O) groups excluding carboxylic acids is 1. The van der Waals surface area contributed by atoms with Gasteiger partial charge in [-0.15, -0.1) is 23.7 Å². The summed E-state index contributed by atoms with van der Waals surface area (Å²) in [5.74, 6) is 0.146. The van der Waals surface area contributed by atoms with E-state index < -0.39 is 0 Å². The lowest BCUT2D eigenvalue weighted by molar-refractivity contribution is -0.121. The van der Waals surface area contributed by atoms with E-state index in [9.17, 15) is 4.79 Å². The van der Waals surface area contributed by atoms with E-state index in [2.05, 4.69) is 30.5 Å². The first-order chi connectivity index (χ1) is 8.15. The summed E-state index contributed by atoms with van der Waals surface area (Å²) in [6.07, 6.45) is 2.75. The first kappa shape index (κ1) is 15.5. The molecule has 1 aromatic rings. The van der Waals surface area contributed by atoms with E-state index in [1.165, 1.54) is 4.88 Å². The Labute approximate surface area is 119 Å². The van der Waals surface area contributed by atoms with Gasteiger partial charge in [0.05, 0.1) is 6.42 Å². The number of rotatable bonds is 3. The number of thiophene rings is 1. The lowest BCUT2D eigenvalue weighted by Crippen LogP contribution is -2.52. The fourth-order valence-corrected chi connectivity index (χ4v) is 3.13. The molecule has 0 spiro atoms. The van der Waals surface area contributed by atoms with E-state index in [1.807, 2.05) is 6.07 Å². The molecule has 2 atom stereocenters. The summed E-state index contributed by atoms with van der Waals surface area (Å²) in [7, 11) is 0. The van der Waals surface area contributed by atoms with Crippen molar-refractivity contribution in [3.05, 3.63) is 21.9 Å². The molecule has 2 rings (SSSR count). The zero-order chi connectivity index (χ0) is 12.3. The third-order valence-corrected chi connectivity index (χ3v) is 4.24. The number of amides is 1. The van der Waals surface area contributed by atoms with Crippen LogP contribution in [0.3, 0.4) is 0 Å². The summed E-state index contributed by atoms with van der Waals surface area (Å²) < 4.78 is 0. The van der Waals surface area contributed by atoms with E-state index >= 15 is 0 Å². The molecule has 0 bridgehead atoms. The molecule has 1 aromatic heterocycles. The highest BCUT2D eigenvalue weighted by molar-refractivity contribution is 7.12. The number of hydrogen-bond donors (Lipinski definition) is 2. The molecule has 0 aliphatic carbocycles. The molecule has 0 radical (unpaired) electrons. The SMILES string of the molecule is Cc1ccc(CC(=O)NC2CCCNC2C)s1.Cl. The van der Waals surface area contributed by atoms with Crippen molar-refractivity contribution in [2.24, 2.45) is 0 Å². The lowest BCUT2D eigenvalue weighted by atomic mass is 10.00. The fourth-order valence-electron chi connectivity index (χ4n) is 2.24. The van der Waals surface area contributed by atoms with Crippen molar-refractivity contribution in [2.45, 2.75) is 45.2 Å². The van der Waals surface area contributed by atoms with Crippen LogP contribution in [0.2, 0.25) is 0 Å². The van der Waals surface area contributed by atoms with Crippen molar-refractivity contribution < 1.29 is 4.79 Å². The van der Waals surface area contributed by atoms with Gasteiger partial charge in [-0.3, -0.25) is 4.79 Å². The minimum Gasteiger partial charge on any atom is -0.352 e. The van der Waals surface area contributed by atoms with Crippen LogP contribution in [0.4, 0.5) is 0 Å². The molecular weight excluding hydrogens is 268 g/mol. The molecule has 3 nitrogen and oxygen atoms in total. The third-order valence-electron chi connectivity index (χ3n) is 3.24. The number of nitrogens with one attached hydrogen (secondary N) is 2. The smallest absolute Gasteiger partial charge is 0.225 e. The maximum Gasteiger partial charge on any atom is 0.225 e. The summed E-state index contributed by atoms with van der Waals surface area (Å²) in [6.45, 7) is 5.27. The summed E-state index contributed by atoms with van der Waals surface area (Å²) in [6, 6.07) is 4.79. The van der Waals surface area contributed by atoms with Crippen molar-refractivity contribution in [3.63, 3.8) is 0 Å². The van der Waals surface area contributed by atoms with Gasteiger partial charge in [0, 0.05) is 21.8 Å². The zero-order valence-electron chi connectivity index (χ0n) is 10.9. The van der Waals surface area contributed by atoms with E-state index in [1.54, 1.807) is 11.3 Å². The Balaban J connectivity index is 0.00000162. The highest BCUT2D eigenvalue weighted by Gasteiger charge is 2.22. The van der Waals surface area contributed by atoms with E-state index in [0.29, 0.717) is 12.5 Å². The van der Waals surface area contributed by atoms with Crippen molar-refractivity contribution >= 4 is 29.7 Å². The third kappa shape index (κ3) is 4.26. The molecule has 1 fully saturated rings. The van der Waals surface area contributed by atoms with Crippen LogP contribution >= 0.6 is 23.7 Å². The molecule has 1 saturated heterocycles. The van der Waals surface area contributed by atoms with Crippen LogP contribution in [-0.2, 0) is 11.2 Å². The van der Waals surface area contributed by atoms with Crippen LogP contribution in [0, 0.1) is 6.92 Å². The Bertz CT molecular complexity index is 394. The fraction of sp³-hybridized carbons (Fsp3) is 0.615. The molecular formula is C13H21ClN2OS. The lowest BCUT2D eigenvalue weighted by Gasteiger charge is -2.30. The largest absolute Gasteiger partial charge is 0.352 e. The Hall–Kier alpha value is -0.580. The van der Waals surface area contributed by atoms with Gasteiger partial charge in [-0.2, -0.15) is 0 Å². The molecule has 2 N–H and O–H groups in total. The second-order valence-electron chi connectivity index (χ2n) is 4.75. The second kappa shape index (κ2) is 7.12. The van der Waals surface area contributed by atoms with Gasteiger partial charge in [-0.25, -0.2) is 0 Å². The molecule has 1 aliphatic rings. The summed E-state index contributed by atoms with van der Waals surface area (Å²) in [5, 5.41) is 6.52. The standard InChI is InChI=1S/C13H20N2OS.ClH/c1-9-5-6-11(17-9)8-13(16)15-12-4-3-7-14-10(12)2;/h5-6,10,12,14H,3-4,7-8H2,1-2H3,(H,15,16);1H. The summed E-state index contributed by atoms with van der Waals surface area (Å²) in [4.78, 5) is 14.3. The van der Waals surface area contributed by atoms with E-state index in [-0.39, 0.29) is 24.4 Å². The summed E-state index contributed by atoms with van der Waals surface area (Å²) >= 11 is 1.70. The Morgan fingerprint density at radius 1 is 1.56 bits per heavy atom. The molecule has 2 unspecified atom stereocenters. The van der Waals surface area contributed by atoms with Crippen molar-refractivity contribution in [1.82, 2.24) is 10.6 Å². The number of aryl methyl sites for hydroxylation is 1. The van der Waals surface area contributed by atoms with Crippen LogP contribution in [0.1, 0.15) is 29.5 Å². The minimum atomic E-state index is 0. The van der Waals surface area contributed by atoms with Crippen molar-refractivity contribution in [2.75, 3.05) is 6.54 Å². The quantitative estimate of drug-likeness (QED) is 0.896. The topological polar surface area (TPSA) is 41.1 Å².